The maximum Gasteiger partial charge on any atom is 0.0576 e. The summed E-state index contributed by atoms with van der Waals surface area (Å²) in [6, 6.07) is 29.4. The molecule has 5 aromatic rings. The molecule has 2 aliphatic rings. The lowest BCUT2D eigenvalue weighted by atomic mass is 9.93. The van der Waals surface area contributed by atoms with E-state index in [-0.39, 0.29) is 0 Å². The van der Waals surface area contributed by atoms with E-state index in [0.29, 0.717) is 0 Å². The van der Waals surface area contributed by atoms with E-state index in [4.69, 9.17) is 0 Å². The summed E-state index contributed by atoms with van der Waals surface area (Å²) in [6.07, 6.45) is 2.08. The van der Waals surface area contributed by atoms with Gasteiger partial charge in [-0.15, -0.1) is 0 Å². The van der Waals surface area contributed by atoms with E-state index in [2.05, 4.69) is 83.4 Å². The van der Waals surface area contributed by atoms with E-state index < -0.39 is 0 Å². The molecule has 0 amide bonds. The number of para-hydroxylation sites is 2. The van der Waals surface area contributed by atoms with Crippen LogP contribution in [0.4, 0.5) is 0 Å². The summed E-state index contributed by atoms with van der Waals surface area (Å²) in [5.74, 6) is 0. The van der Waals surface area contributed by atoms with Crippen molar-refractivity contribution in [1.29, 1.82) is 0 Å². The lowest BCUT2D eigenvalue weighted by molar-refractivity contribution is 1.04. The van der Waals surface area contributed by atoms with Gasteiger partial charge < -0.3 is 4.57 Å². The van der Waals surface area contributed by atoms with Crippen LogP contribution in [-0.2, 0) is 12.8 Å². The van der Waals surface area contributed by atoms with Gasteiger partial charge in [0.05, 0.1) is 16.7 Å². The monoisotopic (exact) mass is 343 g/mol. The first-order valence-corrected chi connectivity index (χ1v) is 9.64. The standard InChI is InChI=1S/C26H17N/c1-2-8-20-16(6-1)12-18-14-19-13-17-7-5-10-22-21-9-3-4-11-24(21)27(26(17)22)25(19)15-23(18)20/h1-11,14-15H,12-13H2. The van der Waals surface area contributed by atoms with Gasteiger partial charge in [0.1, 0.15) is 0 Å². The van der Waals surface area contributed by atoms with E-state index >= 15 is 0 Å². The number of rotatable bonds is 0. The molecule has 0 saturated heterocycles. The summed E-state index contributed by atoms with van der Waals surface area (Å²) < 4.78 is 2.50. The fourth-order valence-electron chi connectivity index (χ4n) is 5.26. The Morgan fingerprint density at radius 1 is 0.556 bits per heavy atom. The molecule has 0 saturated carbocycles. The third-order valence-corrected chi connectivity index (χ3v) is 6.39. The van der Waals surface area contributed by atoms with E-state index in [1.807, 2.05) is 0 Å². The summed E-state index contributed by atoms with van der Waals surface area (Å²) >= 11 is 0. The van der Waals surface area contributed by atoms with Crippen LogP contribution in [0, 0.1) is 0 Å². The van der Waals surface area contributed by atoms with E-state index in [0.717, 1.165) is 12.8 Å². The highest BCUT2D eigenvalue weighted by molar-refractivity contribution is 6.11. The summed E-state index contributed by atoms with van der Waals surface area (Å²) in [5, 5.41) is 2.72. The van der Waals surface area contributed by atoms with Crippen molar-refractivity contribution in [2.24, 2.45) is 0 Å². The van der Waals surface area contributed by atoms with Crippen molar-refractivity contribution < 1.29 is 0 Å². The van der Waals surface area contributed by atoms with Crippen molar-refractivity contribution in [1.82, 2.24) is 4.57 Å². The van der Waals surface area contributed by atoms with Crippen LogP contribution in [0.2, 0.25) is 0 Å². The molecule has 1 aromatic heterocycles. The molecule has 0 atom stereocenters. The number of benzene rings is 4. The van der Waals surface area contributed by atoms with Crippen molar-refractivity contribution in [2.75, 3.05) is 0 Å². The maximum atomic E-state index is 2.50. The van der Waals surface area contributed by atoms with Crippen LogP contribution in [0.5, 0.6) is 0 Å². The number of aromatic nitrogens is 1. The summed E-state index contributed by atoms with van der Waals surface area (Å²) in [6.45, 7) is 0. The first-order valence-electron chi connectivity index (χ1n) is 9.64. The van der Waals surface area contributed by atoms with Crippen molar-refractivity contribution in [3.05, 3.63) is 101 Å². The zero-order chi connectivity index (χ0) is 17.5. The van der Waals surface area contributed by atoms with E-state index in [1.165, 1.54) is 60.9 Å². The van der Waals surface area contributed by atoms with Gasteiger partial charge >= 0.3 is 0 Å². The minimum Gasteiger partial charge on any atom is -0.309 e. The third kappa shape index (κ3) is 1.65. The molecular formula is C26H17N. The van der Waals surface area contributed by atoms with Gasteiger partial charge in [0.25, 0.3) is 0 Å². The SMILES string of the molecule is c1ccc2c(c1)Cc1cc3c(cc1-2)-n1c2ccccc2c2cccc(c21)C3. The maximum absolute atomic E-state index is 2.50. The van der Waals surface area contributed by atoms with Crippen LogP contribution < -0.4 is 0 Å². The second-order valence-corrected chi connectivity index (χ2v) is 7.81. The molecule has 4 aromatic carbocycles. The van der Waals surface area contributed by atoms with Gasteiger partial charge in [-0.05, 0) is 51.9 Å². The third-order valence-electron chi connectivity index (χ3n) is 6.39. The van der Waals surface area contributed by atoms with Crippen molar-refractivity contribution in [3.8, 4) is 16.8 Å². The average Bonchev–Trinajstić information content (AvgIpc) is 3.24. The molecule has 1 nitrogen and oxygen atoms in total. The Morgan fingerprint density at radius 2 is 1.33 bits per heavy atom. The lowest BCUT2D eigenvalue weighted by Gasteiger charge is -2.22. The Hall–Kier alpha value is -3.32. The lowest BCUT2D eigenvalue weighted by Crippen LogP contribution is -2.08. The minimum absolute atomic E-state index is 1.02. The summed E-state index contributed by atoms with van der Waals surface area (Å²) in [5.41, 5.74) is 12.7. The fraction of sp³-hybridized carbons (Fsp3) is 0.0769. The second-order valence-electron chi connectivity index (χ2n) is 7.81. The van der Waals surface area contributed by atoms with E-state index in [9.17, 15) is 0 Å². The van der Waals surface area contributed by atoms with Crippen LogP contribution in [0.25, 0.3) is 38.6 Å². The molecule has 126 valence electrons. The molecule has 0 spiro atoms. The quantitative estimate of drug-likeness (QED) is 0.306. The molecule has 0 N–H and O–H groups in total. The van der Waals surface area contributed by atoms with Gasteiger partial charge in [-0.2, -0.15) is 0 Å². The van der Waals surface area contributed by atoms with Crippen LogP contribution in [-0.4, -0.2) is 4.57 Å². The van der Waals surface area contributed by atoms with Crippen molar-refractivity contribution in [2.45, 2.75) is 12.8 Å². The molecule has 27 heavy (non-hydrogen) atoms. The topological polar surface area (TPSA) is 4.93 Å². The molecule has 1 aliphatic carbocycles. The van der Waals surface area contributed by atoms with Crippen molar-refractivity contribution in [3.63, 3.8) is 0 Å². The Labute approximate surface area is 157 Å². The highest BCUT2D eigenvalue weighted by Crippen LogP contribution is 2.44. The van der Waals surface area contributed by atoms with Crippen LogP contribution in [0.1, 0.15) is 22.3 Å². The highest BCUT2D eigenvalue weighted by Gasteiger charge is 2.26. The number of hydrogen-bond donors (Lipinski definition) is 0. The number of hydrogen-bond acceptors (Lipinski definition) is 0. The molecular weight excluding hydrogens is 326 g/mol. The second kappa shape index (κ2) is 4.69. The Bertz CT molecular complexity index is 1420. The predicted molar refractivity (Wildman–Crippen MR) is 112 cm³/mol. The Kier molecular flexibility index (Phi) is 2.40. The molecule has 2 heterocycles. The van der Waals surface area contributed by atoms with Gasteiger partial charge in [0.2, 0.25) is 0 Å². The van der Waals surface area contributed by atoms with Gasteiger partial charge in [-0.1, -0.05) is 66.7 Å². The molecule has 7 rings (SSSR count). The van der Waals surface area contributed by atoms with Crippen LogP contribution in [0.3, 0.4) is 0 Å². The largest absolute Gasteiger partial charge is 0.309 e. The van der Waals surface area contributed by atoms with Gasteiger partial charge in [-0.3, -0.25) is 0 Å². The summed E-state index contributed by atoms with van der Waals surface area (Å²) in [4.78, 5) is 0. The number of fused-ring (bicyclic) bond motifs is 8. The van der Waals surface area contributed by atoms with Crippen LogP contribution in [0.15, 0.2) is 78.9 Å². The van der Waals surface area contributed by atoms with Gasteiger partial charge in [0.15, 0.2) is 0 Å². The minimum atomic E-state index is 1.02. The van der Waals surface area contributed by atoms with Gasteiger partial charge in [-0.25, -0.2) is 0 Å². The molecule has 0 unspecified atom stereocenters. The molecule has 1 aliphatic heterocycles. The Balaban J connectivity index is 1.64. The number of nitrogens with zero attached hydrogens (tertiary/aromatic N) is 1. The van der Waals surface area contributed by atoms with Crippen molar-refractivity contribution >= 4 is 21.8 Å². The summed E-state index contributed by atoms with van der Waals surface area (Å²) in [7, 11) is 0. The molecule has 0 bridgehead atoms. The average molecular weight is 343 g/mol. The molecule has 0 radical (unpaired) electrons. The molecule has 0 fully saturated rings. The highest BCUT2D eigenvalue weighted by atomic mass is 15.0. The van der Waals surface area contributed by atoms with Gasteiger partial charge in [0, 0.05) is 17.2 Å². The van der Waals surface area contributed by atoms with E-state index in [1.54, 1.807) is 0 Å². The first kappa shape index (κ1) is 13.8. The Morgan fingerprint density at radius 3 is 2.33 bits per heavy atom. The smallest absolute Gasteiger partial charge is 0.0576 e. The van der Waals surface area contributed by atoms with Crippen LogP contribution >= 0.6 is 0 Å². The normalized spacial score (nSPS) is 13.6. The predicted octanol–water partition coefficient (Wildman–Crippen LogP) is 6.26. The zero-order valence-electron chi connectivity index (χ0n) is 14.9. The molecule has 1 heteroatoms. The zero-order valence-corrected chi connectivity index (χ0v) is 14.9. The fourth-order valence-corrected chi connectivity index (χ4v) is 5.26. The first-order chi connectivity index (χ1) is 13.4.